The minimum atomic E-state index is -0.0828. The van der Waals surface area contributed by atoms with Crippen molar-refractivity contribution in [1.82, 2.24) is 4.90 Å². The SMILES string of the molecule is CCN(CC)C(=O)c1cc2c(cc1N=C(C)c1ccc3c(c1)OCO3)OCO2. The Labute approximate surface area is 163 Å². The Kier molecular flexibility index (Phi) is 4.81. The van der Waals surface area contributed by atoms with Gasteiger partial charge in [0.25, 0.3) is 5.91 Å². The van der Waals surface area contributed by atoms with Crippen molar-refractivity contribution in [3.8, 4) is 23.0 Å². The molecular formula is C21H22N2O5. The van der Waals surface area contributed by atoms with Crippen LogP contribution in [-0.2, 0) is 0 Å². The van der Waals surface area contributed by atoms with Crippen LogP contribution in [0.25, 0.3) is 0 Å². The molecule has 0 radical (unpaired) electrons. The third-order valence-corrected chi connectivity index (χ3v) is 4.85. The number of carbonyl (C=O) groups excluding carboxylic acids is 1. The van der Waals surface area contributed by atoms with Crippen molar-refractivity contribution in [2.24, 2.45) is 4.99 Å². The zero-order chi connectivity index (χ0) is 19.7. The van der Waals surface area contributed by atoms with Gasteiger partial charge in [-0.25, -0.2) is 0 Å². The van der Waals surface area contributed by atoms with Crippen LogP contribution in [0.1, 0.15) is 36.7 Å². The van der Waals surface area contributed by atoms with Gasteiger partial charge in [0.15, 0.2) is 23.0 Å². The van der Waals surface area contributed by atoms with Crippen molar-refractivity contribution in [3.05, 3.63) is 41.5 Å². The summed E-state index contributed by atoms with van der Waals surface area (Å²) in [4.78, 5) is 19.5. The van der Waals surface area contributed by atoms with Gasteiger partial charge in [-0.2, -0.15) is 0 Å². The van der Waals surface area contributed by atoms with Crippen LogP contribution in [-0.4, -0.2) is 43.2 Å². The highest BCUT2D eigenvalue weighted by Crippen LogP contribution is 2.39. The van der Waals surface area contributed by atoms with E-state index in [0.717, 1.165) is 17.0 Å². The van der Waals surface area contributed by atoms with E-state index < -0.39 is 0 Å². The highest BCUT2D eigenvalue weighted by Gasteiger charge is 2.23. The summed E-state index contributed by atoms with van der Waals surface area (Å²) in [6, 6.07) is 9.15. The molecule has 7 nitrogen and oxygen atoms in total. The van der Waals surface area contributed by atoms with Crippen molar-refractivity contribution in [2.75, 3.05) is 26.7 Å². The second kappa shape index (κ2) is 7.42. The fourth-order valence-corrected chi connectivity index (χ4v) is 3.24. The van der Waals surface area contributed by atoms with E-state index in [4.69, 9.17) is 23.9 Å². The maximum atomic E-state index is 13.0. The topological polar surface area (TPSA) is 69.6 Å². The molecule has 2 aromatic rings. The van der Waals surface area contributed by atoms with Gasteiger partial charge in [-0.3, -0.25) is 9.79 Å². The molecule has 28 heavy (non-hydrogen) atoms. The molecule has 7 heteroatoms. The monoisotopic (exact) mass is 382 g/mol. The molecule has 0 aliphatic carbocycles. The Morgan fingerprint density at radius 3 is 2.21 bits per heavy atom. The van der Waals surface area contributed by atoms with E-state index in [2.05, 4.69) is 0 Å². The lowest BCUT2D eigenvalue weighted by atomic mass is 10.1. The predicted molar refractivity (Wildman–Crippen MR) is 104 cm³/mol. The van der Waals surface area contributed by atoms with Crippen LogP contribution in [0.2, 0.25) is 0 Å². The molecule has 1 amide bonds. The fourth-order valence-electron chi connectivity index (χ4n) is 3.24. The molecule has 0 N–H and O–H groups in total. The highest BCUT2D eigenvalue weighted by molar-refractivity contribution is 6.05. The second-order valence-electron chi connectivity index (χ2n) is 6.47. The Morgan fingerprint density at radius 1 is 0.929 bits per heavy atom. The van der Waals surface area contributed by atoms with Crippen LogP contribution in [0, 0.1) is 0 Å². The van der Waals surface area contributed by atoms with E-state index in [-0.39, 0.29) is 19.5 Å². The van der Waals surface area contributed by atoms with Crippen LogP contribution in [0.4, 0.5) is 5.69 Å². The molecule has 146 valence electrons. The lowest BCUT2D eigenvalue weighted by molar-refractivity contribution is 0.0773. The molecule has 0 fully saturated rings. The Morgan fingerprint density at radius 2 is 1.54 bits per heavy atom. The van der Waals surface area contributed by atoms with E-state index in [1.807, 2.05) is 39.0 Å². The lowest BCUT2D eigenvalue weighted by Crippen LogP contribution is -2.30. The zero-order valence-corrected chi connectivity index (χ0v) is 16.2. The average molecular weight is 382 g/mol. The summed E-state index contributed by atoms with van der Waals surface area (Å²) in [5.41, 5.74) is 2.69. The number of rotatable bonds is 5. The molecule has 0 saturated carbocycles. The molecule has 0 bridgehead atoms. The molecule has 0 atom stereocenters. The van der Waals surface area contributed by atoms with Gasteiger partial charge in [0.05, 0.1) is 11.3 Å². The van der Waals surface area contributed by atoms with Gasteiger partial charge in [-0.15, -0.1) is 0 Å². The molecular weight excluding hydrogens is 360 g/mol. The number of fused-ring (bicyclic) bond motifs is 2. The van der Waals surface area contributed by atoms with Gasteiger partial charge in [0, 0.05) is 24.9 Å². The third-order valence-electron chi connectivity index (χ3n) is 4.85. The summed E-state index contributed by atoms with van der Waals surface area (Å²) < 4.78 is 21.8. The van der Waals surface area contributed by atoms with Gasteiger partial charge in [-0.05, 0) is 50.6 Å². The molecule has 0 saturated heterocycles. The maximum Gasteiger partial charge on any atom is 0.256 e. The summed E-state index contributed by atoms with van der Waals surface area (Å²) in [5.74, 6) is 2.48. The van der Waals surface area contributed by atoms with Crippen molar-refractivity contribution in [3.63, 3.8) is 0 Å². The van der Waals surface area contributed by atoms with Gasteiger partial charge in [0.1, 0.15) is 0 Å². The number of hydrogen-bond acceptors (Lipinski definition) is 6. The van der Waals surface area contributed by atoms with Gasteiger partial charge >= 0.3 is 0 Å². The van der Waals surface area contributed by atoms with Crippen LogP contribution in [0.15, 0.2) is 35.3 Å². The Hall–Kier alpha value is -3.22. The Balaban J connectivity index is 1.75. The number of hydrogen-bond donors (Lipinski definition) is 0. The van der Waals surface area contributed by atoms with Gasteiger partial charge in [0.2, 0.25) is 13.6 Å². The number of ether oxygens (including phenoxy) is 4. The summed E-state index contributed by atoms with van der Waals surface area (Å²) in [7, 11) is 0. The van der Waals surface area contributed by atoms with Gasteiger partial charge < -0.3 is 23.8 Å². The molecule has 0 unspecified atom stereocenters. The molecule has 2 aliphatic rings. The van der Waals surface area contributed by atoms with Crippen molar-refractivity contribution >= 4 is 17.3 Å². The zero-order valence-electron chi connectivity index (χ0n) is 16.2. The first-order valence-electron chi connectivity index (χ1n) is 9.29. The minimum absolute atomic E-state index is 0.0828. The standard InChI is InChI=1S/C21H22N2O5/c1-4-23(5-2)21(24)15-9-19-20(28-12-27-19)10-16(15)22-13(3)14-6-7-17-18(8-14)26-11-25-17/h6-10H,4-5,11-12H2,1-3H3. The average Bonchev–Trinajstić information content (AvgIpc) is 3.36. The molecule has 0 aromatic heterocycles. The van der Waals surface area contributed by atoms with Gasteiger partial charge in [-0.1, -0.05) is 0 Å². The van der Waals surface area contributed by atoms with Crippen LogP contribution in [0.5, 0.6) is 23.0 Å². The minimum Gasteiger partial charge on any atom is -0.454 e. The van der Waals surface area contributed by atoms with Crippen molar-refractivity contribution in [1.29, 1.82) is 0 Å². The first-order valence-corrected chi connectivity index (χ1v) is 9.29. The first-order chi connectivity index (χ1) is 13.6. The lowest BCUT2D eigenvalue weighted by Gasteiger charge is -2.20. The maximum absolute atomic E-state index is 13.0. The highest BCUT2D eigenvalue weighted by atomic mass is 16.7. The number of carbonyl (C=O) groups is 1. The number of amides is 1. The summed E-state index contributed by atoms with van der Waals surface area (Å²) >= 11 is 0. The largest absolute Gasteiger partial charge is 0.454 e. The molecule has 2 aliphatic heterocycles. The molecule has 0 spiro atoms. The smallest absolute Gasteiger partial charge is 0.256 e. The summed E-state index contributed by atoms with van der Waals surface area (Å²) in [6.07, 6.45) is 0. The summed E-state index contributed by atoms with van der Waals surface area (Å²) in [6.45, 7) is 7.41. The fraction of sp³-hybridized carbons (Fsp3) is 0.333. The quantitative estimate of drug-likeness (QED) is 0.737. The number of aliphatic imine (C=N–C) groups is 1. The van der Waals surface area contributed by atoms with E-state index in [9.17, 15) is 4.79 Å². The molecule has 2 aromatic carbocycles. The third kappa shape index (κ3) is 3.24. The summed E-state index contributed by atoms with van der Waals surface area (Å²) in [5, 5.41) is 0. The van der Waals surface area contributed by atoms with E-state index >= 15 is 0 Å². The second-order valence-corrected chi connectivity index (χ2v) is 6.47. The van der Waals surface area contributed by atoms with E-state index in [0.29, 0.717) is 41.6 Å². The van der Waals surface area contributed by atoms with Crippen LogP contribution < -0.4 is 18.9 Å². The number of benzene rings is 2. The van der Waals surface area contributed by atoms with Crippen molar-refractivity contribution < 1.29 is 23.7 Å². The van der Waals surface area contributed by atoms with E-state index in [1.165, 1.54) is 0 Å². The Bertz CT molecular complexity index is 950. The first kappa shape index (κ1) is 18.2. The van der Waals surface area contributed by atoms with Crippen molar-refractivity contribution in [2.45, 2.75) is 20.8 Å². The normalized spacial score (nSPS) is 14.3. The molecule has 4 rings (SSSR count). The van der Waals surface area contributed by atoms with Crippen LogP contribution >= 0.6 is 0 Å². The molecule has 2 heterocycles. The van der Waals surface area contributed by atoms with Crippen LogP contribution in [0.3, 0.4) is 0 Å². The predicted octanol–water partition coefficient (Wildman–Crippen LogP) is 3.77. The number of nitrogens with zero attached hydrogens (tertiary/aromatic N) is 2. The van der Waals surface area contributed by atoms with E-state index in [1.54, 1.807) is 17.0 Å².